The lowest BCUT2D eigenvalue weighted by molar-refractivity contribution is 0.273. The first-order chi connectivity index (χ1) is 5.40. The number of aromatic nitrogens is 4. The molecule has 0 aliphatic rings. The van der Waals surface area contributed by atoms with E-state index in [1.807, 2.05) is 0 Å². The van der Waals surface area contributed by atoms with E-state index in [0.717, 1.165) is 5.52 Å². The Bertz CT molecular complexity index is 336. The topological polar surface area (TPSA) is 74.7 Å². The predicted molar refractivity (Wildman–Crippen MR) is 37.6 cm³/mol. The molecule has 0 saturated carbocycles. The summed E-state index contributed by atoms with van der Waals surface area (Å²) < 4.78 is 0. The van der Waals surface area contributed by atoms with Gasteiger partial charge in [0.2, 0.25) is 0 Å². The van der Waals surface area contributed by atoms with Crippen molar-refractivity contribution in [3.05, 3.63) is 18.3 Å². The minimum absolute atomic E-state index is 0.101. The fourth-order valence-corrected chi connectivity index (χ4v) is 0.887. The molecule has 0 aliphatic carbocycles. The molecule has 0 radical (unpaired) electrons. The standard InChI is InChI=1S/C6H6N4O/c11-2-5-9-4-1-7-3-8-6(4)10-5/h1,3,11H,2H2,(H,7,8,9,10). The highest BCUT2D eigenvalue weighted by Crippen LogP contribution is 2.04. The zero-order valence-corrected chi connectivity index (χ0v) is 5.65. The number of H-pyrrole nitrogens is 1. The molecule has 0 atom stereocenters. The van der Waals surface area contributed by atoms with Crippen molar-refractivity contribution in [3.8, 4) is 0 Å². The van der Waals surface area contributed by atoms with Gasteiger partial charge in [0.1, 0.15) is 24.3 Å². The molecule has 0 aliphatic heterocycles. The van der Waals surface area contributed by atoms with Crippen LogP contribution in [0.2, 0.25) is 0 Å². The van der Waals surface area contributed by atoms with Gasteiger partial charge in [0.05, 0.1) is 6.20 Å². The van der Waals surface area contributed by atoms with Crippen molar-refractivity contribution in [2.24, 2.45) is 0 Å². The molecule has 0 unspecified atom stereocenters. The molecule has 2 rings (SSSR count). The molecule has 0 fully saturated rings. The van der Waals surface area contributed by atoms with Crippen LogP contribution in [0.25, 0.3) is 11.2 Å². The molecule has 5 heteroatoms. The smallest absolute Gasteiger partial charge is 0.180 e. The number of hydrogen-bond acceptors (Lipinski definition) is 4. The Balaban J connectivity index is 2.69. The first kappa shape index (κ1) is 6.23. The number of nitrogens with zero attached hydrogens (tertiary/aromatic N) is 3. The molecule has 0 aromatic carbocycles. The summed E-state index contributed by atoms with van der Waals surface area (Å²) in [5.41, 5.74) is 1.33. The highest BCUT2D eigenvalue weighted by molar-refractivity contribution is 5.68. The van der Waals surface area contributed by atoms with Crippen molar-refractivity contribution in [2.45, 2.75) is 6.61 Å². The van der Waals surface area contributed by atoms with Crippen molar-refractivity contribution in [1.82, 2.24) is 19.9 Å². The van der Waals surface area contributed by atoms with Crippen molar-refractivity contribution in [2.75, 3.05) is 0 Å². The van der Waals surface area contributed by atoms with E-state index in [0.29, 0.717) is 11.5 Å². The second-order valence-electron chi connectivity index (χ2n) is 2.10. The number of aromatic amines is 1. The van der Waals surface area contributed by atoms with Crippen LogP contribution in [0.3, 0.4) is 0 Å². The Morgan fingerprint density at radius 2 is 2.45 bits per heavy atom. The van der Waals surface area contributed by atoms with Crippen LogP contribution in [0.5, 0.6) is 0 Å². The van der Waals surface area contributed by atoms with E-state index in [4.69, 9.17) is 5.11 Å². The maximum Gasteiger partial charge on any atom is 0.180 e. The molecule has 0 amide bonds. The van der Waals surface area contributed by atoms with Gasteiger partial charge in [0, 0.05) is 0 Å². The van der Waals surface area contributed by atoms with Crippen molar-refractivity contribution < 1.29 is 5.11 Å². The van der Waals surface area contributed by atoms with Gasteiger partial charge >= 0.3 is 0 Å². The summed E-state index contributed by atoms with van der Waals surface area (Å²) in [6, 6.07) is 0. The average molecular weight is 150 g/mol. The van der Waals surface area contributed by atoms with Crippen LogP contribution in [0, 0.1) is 0 Å². The molecule has 11 heavy (non-hydrogen) atoms. The van der Waals surface area contributed by atoms with Gasteiger partial charge in [-0.25, -0.2) is 15.0 Å². The Morgan fingerprint density at radius 1 is 1.55 bits per heavy atom. The molecule has 2 N–H and O–H groups in total. The highest BCUT2D eigenvalue weighted by Gasteiger charge is 2.00. The monoisotopic (exact) mass is 150 g/mol. The average Bonchev–Trinajstić information content (AvgIpc) is 2.46. The van der Waals surface area contributed by atoms with E-state index in [2.05, 4.69) is 19.9 Å². The Kier molecular flexibility index (Phi) is 1.29. The molecule has 5 nitrogen and oxygen atoms in total. The Hall–Kier alpha value is -1.49. The SMILES string of the molecule is OCc1nc2ncncc2[nH]1. The Morgan fingerprint density at radius 3 is 3.18 bits per heavy atom. The van der Waals surface area contributed by atoms with Crippen LogP contribution in [0.15, 0.2) is 12.5 Å². The van der Waals surface area contributed by atoms with Crippen LogP contribution in [-0.2, 0) is 6.61 Å². The molecule has 2 aromatic rings. The molecule has 56 valence electrons. The quantitative estimate of drug-likeness (QED) is 0.592. The van der Waals surface area contributed by atoms with Crippen LogP contribution in [0.4, 0.5) is 0 Å². The lowest BCUT2D eigenvalue weighted by Gasteiger charge is -1.81. The zero-order chi connectivity index (χ0) is 7.68. The highest BCUT2D eigenvalue weighted by atomic mass is 16.3. The summed E-state index contributed by atoms with van der Waals surface area (Å²) >= 11 is 0. The van der Waals surface area contributed by atoms with E-state index < -0.39 is 0 Å². The second-order valence-corrected chi connectivity index (χ2v) is 2.10. The van der Waals surface area contributed by atoms with Crippen LogP contribution < -0.4 is 0 Å². The Labute approximate surface area is 62.1 Å². The van der Waals surface area contributed by atoms with E-state index in [1.54, 1.807) is 6.20 Å². The summed E-state index contributed by atoms with van der Waals surface area (Å²) in [6.45, 7) is -0.101. The number of aliphatic hydroxyl groups is 1. The van der Waals surface area contributed by atoms with Gasteiger partial charge in [0.25, 0.3) is 0 Å². The summed E-state index contributed by atoms with van der Waals surface area (Å²) in [4.78, 5) is 14.5. The van der Waals surface area contributed by atoms with E-state index in [-0.39, 0.29) is 6.61 Å². The van der Waals surface area contributed by atoms with Gasteiger partial charge in [-0.1, -0.05) is 0 Å². The summed E-state index contributed by atoms with van der Waals surface area (Å²) in [5, 5.41) is 8.70. The van der Waals surface area contributed by atoms with E-state index in [9.17, 15) is 0 Å². The second kappa shape index (κ2) is 2.28. The van der Waals surface area contributed by atoms with E-state index in [1.165, 1.54) is 6.33 Å². The number of fused-ring (bicyclic) bond motifs is 1. The van der Waals surface area contributed by atoms with Crippen LogP contribution in [0.1, 0.15) is 5.82 Å². The number of nitrogens with one attached hydrogen (secondary N) is 1. The first-order valence-corrected chi connectivity index (χ1v) is 3.15. The predicted octanol–water partition coefficient (Wildman–Crippen LogP) is -0.155. The summed E-state index contributed by atoms with van der Waals surface area (Å²) in [7, 11) is 0. The minimum atomic E-state index is -0.101. The minimum Gasteiger partial charge on any atom is -0.388 e. The summed E-state index contributed by atoms with van der Waals surface area (Å²) in [6.07, 6.45) is 3.04. The van der Waals surface area contributed by atoms with Gasteiger partial charge in [-0.05, 0) is 0 Å². The maximum atomic E-state index is 8.70. The number of hydrogen-bond donors (Lipinski definition) is 2. The van der Waals surface area contributed by atoms with Crippen molar-refractivity contribution in [1.29, 1.82) is 0 Å². The lowest BCUT2D eigenvalue weighted by Crippen LogP contribution is -1.83. The normalized spacial score (nSPS) is 10.6. The van der Waals surface area contributed by atoms with Crippen LogP contribution >= 0.6 is 0 Å². The summed E-state index contributed by atoms with van der Waals surface area (Å²) in [5.74, 6) is 0.514. The number of imidazole rings is 1. The largest absolute Gasteiger partial charge is 0.388 e. The molecule has 0 saturated heterocycles. The molecular weight excluding hydrogens is 144 g/mol. The number of aliphatic hydroxyl groups excluding tert-OH is 1. The maximum absolute atomic E-state index is 8.70. The molecule has 0 bridgehead atoms. The third-order valence-electron chi connectivity index (χ3n) is 1.36. The lowest BCUT2D eigenvalue weighted by atomic mass is 10.6. The molecule has 2 heterocycles. The zero-order valence-electron chi connectivity index (χ0n) is 5.65. The number of rotatable bonds is 1. The van der Waals surface area contributed by atoms with Gasteiger partial charge in [-0.2, -0.15) is 0 Å². The van der Waals surface area contributed by atoms with Crippen molar-refractivity contribution in [3.63, 3.8) is 0 Å². The van der Waals surface area contributed by atoms with Gasteiger partial charge in [-0.3, -0.25) is 0 Å². The van der Waals surface area contributed by atoms with Gasteiger partial charge < -0.3 is 10.1 Å². The van der Waals surface area contributed by atoms with Gasteiger partial charge in [0.15, 0.2) is 5.65 Å². The molecular formula is C6H6N4O. The fourth-order valence-electron chi connectivity index (χ4n) is 0.887. The van der Waals surface area contributed by atoms with Crippen molar-refractivity contribution >= 4 is 11.2 Å². The third kappa shape index (κ3) is 0.947. The third-order valence-corrected chi connectivity index (χ3v) is 1.36. The molecule has 0 spiro atoms. The van der Waals surface area contributed by atoms with Crippen LogP contribution in [-0.4, -0.2) is 25.0 Å². The first-order valence-electron chi connectivity index (χ1n) is 3.15. The van der Waals surface area contributed by atoms with E-state index >= 15 is 0 Å². The van der Waals surface area contributed by atoms with Gasteiger partial charge in [-0.15, -0.1) is 0 Å². The fraction of sp³-hybridized carbons (Fsp3) is 0.167. The molecule has 2 aromatic heterocycles.